The molecule has 2 unspecified atom stereocenters. The first kappa shape index (κ1) is 12.7. The highest BCUT2D eigenvalue weighted by molar-refractivity contribution is 7.10. The molecular weight excluding hydrogens is 202 g/mol. The summed E-state index contributed by atoms with van der Waals surface area (Å²) in [6.07, 6.45) is 1.22. The molecule has 1 aromatic rings. The lowest BCUT2D eigenvalue weighted by Gasteiger charge is -2.22. The molecule has 0 aromatic carbocycles. The molecule has 0 fully saturated rings. The maximum absolute atomic E-state index is 3.66. The van der Waals surface area contributed by atoms with Crippen molar-refractivity contribution in [1.29, 1.82) is 0 Å². The molecule has 0 aliphatic rings. The van der Waals surface area contributed by atoms with Crippen LogP contribution in [-0.4, -0.2) is 12.6 Å². The van der Waals surface area contributed by atoms with E-state index in [1.165, 1.54) is 11.3 Å². The predicted molar refractivity (Wildman–Crippen MR) is 69.7 cm³/mol. The van der Waals surface area contributed by atoms with E-state index in [1.807, 2.05) is 11.3 Å². The van der Waals surface area contributed by atoms with Crippen LogP contribution in [0.3, 0.4) is 0 Å². The zero-order chi connectivity index (χ0) is 11.3. The second kappa shape index (κ2) is 6.29. The van der Waals surface area contributed by atoms with Crippen molar-refractivity contribution < 1.29 is 0 Å². The SMILES string of the molecule is CCC(NCC(C)c1cccs1)C(C)C. The van der Waals surface area contributed by atoms with Gasteiger partial charge in [-0.05, 0) is 23.8 Å². The Hall–Kier alpha value is -0.340. The first-order valence-electron chi connectivity index (χ1n) is 5.92. The minimum absolute atomic E-state index is 0.637. The van der Waals surface area contributed by atoms with Crippen LogP contribution in [-0.2, 0) is 0 Å². The molecule has 86 valence electrons. The zero-order valence-electron chi connectivity index (χ0n) is 10.3. The molecule has 1 rings (SSSR count). The second-order valence-electron chi connectivity index (χ2n) is 4.58. The van der Waals surface area contributed by atoms with Crippen LogP contribution in [0, 0.1) is 5.92 Å². The van der Waals surface area contributed by atoms with Crippen LogP contribution in [0.4, 0.5) is 0 Å². The Bertz CT molecular complexity index is 254. The molecule has 1 nitrogen and oxygen atoms in total. The van der Waals surface area contributed by atoms with Crippen molar-refractivity contribution in [2.75, 3.05) is 6.54 Å². The van der Waals surface area contributed by atoms with Crippen molar-refractivity contribution >= 4 is 11.3 Å². The van der Waals surface area contributed by atoms with Crippen molar-refractivity contribution in [2.24, 2.45) is 5.92 Å². The van der Waals surface area contributed by atoms with Crippen LogP contribution >= 0.6 is 11.3 Å². The largest absolute Gasteiger partial charge is 0.313 e. The fourth-order valence-corrected chi connectivity index (χ4v) is 2.64. The van der Waals surface area contributed by atoms with E-state index in [-0.39, 0.29) is 0 Å². The van der Waals surface area contributed by atoms with E-state index in [2.05, 4.69) is 50.5 Å². The molecule has 0 spiro atoms. The molecule has 1 heterocycles. The van der Waals surface area contributed by atoms with Crippen LogP contribution in [0.5, 0.6) is 0 Å². The second-order valence-corrected chi connectivity index (χ2v) is 5.56. The molecule has 0 radical (unpaired) electrons. The third kappa shape index (κ3) is 3.96. The third-order valence-electron chi connectivity index (χ3n) is 2.96. The highest BCUT2D eigenvalue weighted by Gasteiger charge is 2.12. The van der Waals surface area contributed by atoms with Gasteiger partial charge in [-0.15, -0.1) is 11.3 Å². The van der Waals surface area contributed by atoms with Crippen LogP contribution in [0.25, 0.3) is 0 Å². The van der Waals surface area contributed by atoms with Crippen LogP contribution in [0.2, 0.25) is 0 Å². The van der Waals surface area contributed by atoms with Crippen LogP contribution in [0.1, 0.15) is 44.9 Å². The Morgan fingerprint density at radius 1 is 1.33 bits per heavy atom. The maximum atomic E-state index is 3.66. The van der Waals surface area contributed by atoms with Gasteiger partial charge in [0, 0.05) is 23.4 Å². The van der Waals surface area contributed by atoms with Gasteiger partial charge in [0.2, 0.25) is 0 Å². The van der Waals surface area contributed by atoms with Gasteiger partial charge in [-0.2, -0.15) is 0 Å². The maximum Gasteiger partial charge on any atom is 0.00876 e. The van der Waals surface area contributed by atoms with Crippen molar-refractivity contribution in [3.63, 3.8) is 0 Å². The van der Waals surface area contributed by atoms with Gasteiger partial charge in [0.25, 0.3) is 0 Å². The molecule has 2 heteroatoms. The summed E-state index contributed by atoms with van der Waals surface area (Å²) in [5.41, 5.74) is 0. The molecule has 0 aliphatic carbocycles. The Balaban J connectivity index is 2.36. The van der Waals surface area contributed by atoms with E-state index < -0.39 is 0 Å². The minimum atomic E-state index is 0.637. The van der Waals surface area contributed by atoms with Crippen molar-refractivity contribution in [3.05, 3.63) is 22.4 Å². The molecule has 2 atom stereocenters. The van der Waals surface area contributed by atoms with Crippen molar-refractivity contribution in [1.82, 2.24) is 5.32 Å². The van der Waals surface area contributed by atoms with E-state index in [0.29, 0.717) is 12.0 Å². The predicted octanol–water partition coefficient (Wildman–Crippen LogP) is 3.88. The molecule has 1 aromatic heterocycles. The number of nitrogens with one attached hydrogen (secondary N) is 1. The van der Waals surface area contributed by atoms with Crippen LogP contribution < -0.4 is 5.32 Å². The fraction of sp³-hybridized carbons (Fsp3) is 0.692. The van der Waals surface area contributed by atoms with Gasteiger partial charge in [0.1, 0.15) is 0 Å². The van der Waals surface area contributed by atoms with E-state index in [1.54, 1.807) is 0 Å². The van der Waals surface area contributed by atoms with Crippen LogP contribution in [0.15, 0.2) is 17.5 Å². The van der Waals surface area contributed by atoms with Gasteiger partial charge < -0.3 is 5.32 Å². The Labute approximate surface area is 97.9 Å². The summed E-state index contributed by atoms with van der Waals surface area (Å²) < 4.78 is 0. The summed E-state index contributed by atoms with van der Waals surface area (Å²) in [6, 6.07) is 5.02. The highest BCUT2D eigenvalue weighted by Crippen LogP contribution is 2.20. The number of hydrogen-bond donors (Lipinski definition) is 1. The minimum Gasteiger partial charge on any atom is -0.313 e. The normalized spacial score (nSPS) is 15.5. The van der Waals surface area contributed by atoms with E-state index in [4.69, 9.17) is 0 Å². The van der Waals surface area contributed by atoms with Gasteiger partial charge in [-0.3, -0.25) is 0 Å². The lowest BCUT2D eigenvalue weighted by atomic mass is 10.0. The topological polar surface area (TPSA) is 12.0 Å². The quantitative estimate of drug-likeness (QED) is 0.775. The number of hydrogen-bond acceptors (Lipinski definition) is 2. The Kier molecular flexibility index (Phi) is 5.34. The lowest BCUT2D eigenvalue weighted by Crippen LogP contribution is -2.35. The summed E-state index contributed by atoms with van der Waals surface area (Å²) in [5.74, 6) is 1.36. The standard InChI is InChI=1S/C13H23NS/c1-5-12(10(2)3)14-9-11(4)13-7-6-8-15-13/h6-8,10-12,14H,5,9H2,1-4H3. The van der Waals surface area contributed by atoms with Gasteiger partial charge in [-0.1, -0.05) is 33.8 Å². The van der Waals surface area contributed by atoms with Gasteiger partial charge in [0.05, 0.1) is 0 Å². The van der Waals surface area contributed by atoms with Gasteiger partial charge >= 0.3 is 0 Å². The van der Waals surface area contributed by atoms with E-state index >= 15 is 0 Å². The average Bonchev–Trinajstić information content (AvgIpc) is 2.70. The van der Waals surface area contributed by atoms with E-state index in [9.17, 15) is 0 Å². The van der Waals surface area contributed by atoms with Gasteiger partial charge in [0.15, 0.2) is 0 Å². The monoisotopic (exact) mass is 225 g/mol. The summed E-state index contributed by atoms with van der Waals surface area (Å²) in [5, 5.41) is 5.82. The average molecular weight is 225 g/mol. The highest BCUT2D eigenvalue weighted by atomic mass is 32.1. The molecule has 15 heavy (non-hydrogen) atoms. The summed E-state index contributed by atoms with van der Waals surface area (Å²) in [7, 11) is 0. The molecular formula is C13H23NS. The molecule has 0 amide bonds. The lowest BCUT2D eigenvalue weighted by molar-refractivity contribution is 0.382. The molecule has 0 aliphatic heterocycles. The fourth-order valence-electron chi connectivity index (χ4n) is 1.85. The number of rotatable bonds is 6. The summed E-state index contributed by atoms with van der Waals surface area (Å²) in [6.45, 7) is 10.2. The van der Waals surface area contributed by atoms with Crippen molar-refractivity contribution in [2.45, 2.75) is 46.1 Å². The third-order valence-corrected chi connectivity index (χ3v) is 4.06. The molecule has 0 bridgehead atoms. The molecule has 0 saturated heterocycles. The van der Waals surface area contributed by atoms with Gasteiger partial charge in [-0.25, -0.2) is 0 Å². The Morgan fingerprint density at radius 3 is 2.53 bits per heavy atom. The molecule has 0 saturated carbocycles. The van der Waals surface area contributed by atoms with E-state index in [0.717, 1.165) is 12.5 Å². The number of thiophene rings is 1. The Morgan fingerprint density at radius 2 is 2.07 bits per heavy atom. The first-order chi connectivity index (χ1) is 7.15. The summed E-state index contributed by atoms with van der Waals surface area (Å²) >= 11 is 1.86. The smallest absolute Gasteiger partial charge is 0.00876 e. The summed E-state index contributed by atoms with van der Waals surface area (Å²) in [4.78, 5) is 1.49. The van der Waals surface area contributed by atoms with Crippen molar-refractivity contribution in [3.8, 4) is 0 Å². The zero-order valence-corrected chi connectivity index (χ0v) is 11.1. The first-order valence-corrected chi connectivity index (χ1v) is 6.79. The molecule has 1 N–H and O–H groups in total.